The molecule has 0 saturated carbocycles. The highest BCUT2D eigenvalue weighted by Crippen LogP contribution is 2.23. The Kier molecular flexibility index (Phi) is 3.28. The number of nitrogens with one attached hydrogen (secondary N) is 1. The molecule has 0 fully saturated rings. The highest BCUT2D eigenvalue weighted by Gasteiger charge is 2.28. The standard InChI is InChI=1S/C10H15NO3/c1-4-14-10(13)9-7(6(2)3)5-8(12)11-9/h6H,4-5H2,1-3H3,(H,11,12). The number of hydrogen-bond donors (Lipinski definition) is 1. The van der Waals surface area contributed by atoms with Crippen LogP contribution in [-0.2, 0) is 14.3 Å². The van der Waals surface area contributed by atoms with Gasteiger partial charge in [0.05, 0.1) is 13.0 Å². The van der Waals surface area contributed by atoms with Crippen LogP contribution in [0.4, 0.5) is 0 Å². The first kappa shape index (κ1) is 10.8. The molecule has 1 amide bonds. The summed E-state index contributed by atoms with van der Waals surface area (Å²) in [7, 11) is 0. The summed E-state index contributed by atoms with van der Waals surface area (Å²) in [6.07, 6.45) is 0.311. The summed E-state index contributed by atoms with van der Waals surface area (Å²) in [4.78, 5) is 22.5. The fourth-order valence-corrected chi connectivity index (χ4v) is 1.40. The highest BCUT2D eigenvalue weighted by atomic mass is 16.5. The molecule has 14 heavy (non-hydrogen) atoms. The van der Waals surface area contributed by atoms with Gasteiger partial charge in [-0.1, -0.05) is 13.8 Å². The molecule has 1 heterocycles. The Labute approximate surface area is 83.3 Å². The van der Waals surface area contributed by atoms with Crippen molar-refractivity contribution < 1.29 is 14.3 Å². The number of ether oxygens (including phenoxy) is 1. The van der Waals surface area contributed by atoms with E-state index in [-0.39, 0.29) is 11.8 Å². The summed E-state index contributed by atoms with van der Waals surface area (Å²) in [6.45, 7) is 5.97. The first-order valence-corrected chi connectivity index (χ1v) is 4.76. The molecule has 1 aliphatic rings. The van der Waals surface area contributed by atoms with Crippen LogP contribution in [0.1, 0.15) is 27.2 Å². The molecular weight excluding hydrogens is 182 g/mol. The first-order chi connectivity index (χ1) is 6.56. The van der Waals surface area contributed by atoms with Crippen molar-refractivity contribution in [1.82, 2.24) is 5.32 Å². The molecule has 4 nitrogen and oxygen atoms in total. The normalized spacial score (nSPS) is 16.1. The molecule has 0 aliphatic carbocycles. The van der Waals surface area contributed by atoms with Crippen LogP contribution in [0.2, 0.25) is 0 Å². The van der Waals surface area contributed by atoms with E-state index in [1.807, 2.05) is 13.8 Å². The van der Waals surface area contributed by atoms with Crippen molar-refractivity contribution in [2.45, 2.75) is 27.2 Å². The van der Waals surface area contributed by atoms with Crippen molar-refractivity contribution in [1.29, 1.82) is 0 Å². The third-order valence-corrected chi connectivity index (χ3v) is 2.11. The van der Waals surface area contributed by atoms with E-state index in [0.29, 0.717) is 18.7 Å². The van der Waals surface area contributed by atoms with Crippen LogP contribution in [0.15, 0.2) is 11.3 Å². The van der Waals surface area contributed by atoms with E-state index < -0.39 is 5.97 Å². The lowest BCUT2D eigenvalue weighted by atomic mass is 10.0. The van der Waals surface area contributed by atoms with Crippen LogP contribution >= 0.6 is 0 Å². The number of rotatable bonds is 3. The van der Waals surface area contributed by atoms with E-state index in [9.17, 15) is 9.59 Å². The van der Waals surface area contributed by atoms with Gasteiger partial charge in [-0.2, -0.15) is 0 Å². The zero-order valence-corrected chi connectivity index (χ0v) is 8.72. The average Bonchev–Trinajstić information content (AvgIpc) is 2.48. The minimum Gasteiger partial charge on any atom is -0.461 e. The Bertz CT molecular complexity index is 292. The molecule has 0 bridgehead atoms. The van der Waals surface area contributed by atoms with Crippen LogP contribution in [0.3, 0.4) is 0 Å². The van der Waals surface area contributed by atoms with Crippen molar-refractivity contribution in [3.63, 3.8) is 0 Å². The molecule has 1 aliphatic heterocycles. The predicted molar refractivity (Wildman–Crippen MR) is 51.3 cm³/mol. The zero-order valence-electron chi connectivity index (χ0n) is 8.72. The van der Waals surface area contributed by atoms with Crippen LogP contribution < -0.4 is 5.32 Å². The smallest absolute Gasteiger partial charge is 0.354 e. The van der Waals surface area contributed by atoms with Gasteiger partial charge in [-0.15, -0.1) is 0 Å². The number of carbonyl (C=O) groups is 2. The molecular formula is C10H15NO3. The quantitative estimate of drug-likeness (QED) is 0.686. The number of amides is 1. The summed E-state index contributed by atoms with van der Waals surface area (Å²) in [5.74, 6) is -0.368. The van der Waals surface area contributed by atoms with Gasteiger partial charge in [0.15, 0.2) is 0 Å². The lowest BCUT2D eigenvalue weighted by Crippen LogP contribution is -2.22. The summed E-state index contributed by atoms with van der Waals surface area (Å²) in [5.41, 5.74) is 1.18. The van der Waals surface area contributed by atoms with E-state index in [1.165, 1.54) is 0 Å². The Morgan fingerprint density at radius 1 is 1.57 bits per heavy atom. The third-order valence-electron chi connectivity index (χ3n) is 2.11. The van der Waals surface area contributed by atoms with E-state index >= 15 is 0 Å². The molecule has 0 saturated heterocycles. The number of carbonyl (C=O) groups excluding carboxylic acids is 2. The van der Waals surface area contributed by atoms with E-state index in [0.717, 1.165) is 5.57 Å². The topological polar surface area (TPSA) is 55.4 Å². The molecule has 0 aromatic heterocycles. The second-order valence-electron chi connectivity index (χ2n) is 3.50. The van der Waals surface area contributed by atoms with Crippen molar-refractivity contribution in [3.05, 3.63) is 11.3 Å². The lowest BCUT2D eigenvalue weighted by Gasteiger charge is -2.08. The van der Waals surface area contributed by atoms with Crippen molar-refractivity contribution >= 4 is 11.9 Å². The van der Waals surface area contributed by atoms with Crippen LogP contribution in [0, 0.1) is 5.92 Å². The van der Waals surface area contributed by atoms with Gasteiger partial charge >= 0.3 is 5.97 Å². The van der Waals surface area contributed by atoms with Gasteiger partial charge in [0, 0.05) is 0 Å². The van der Waals surface area contributed by atoms with Gasteiger partial charge in [0.2, 0.25) is 5.91 Å². The fourth-order valence-electron chi connectivity index (χ4n) is 1.40. The van der Waals surface area contributed by atoms with Gasteiger partial charge < -0.3 is 10.1 Å². The Morgan fingerprint density at radius 2 is 2.21 bits per heavy atom. The second kappa shape index (κ2) is 4.26. The maximum absolute atomic E-state index is 11.4. The third kappa shape index (κ3) is 2.13. The predicted octanol–water partition coefficient (Wildman–Crippen LogP) is 0.980. The zero-order chi connectivity index (χ0) is 10.7. The van der Waals surface area contributed by atoms with E-state index in [4.69, 9.17) is 4.74 Å². The van der Waals surface area contributed by atoms with Gasteiger partial charge in [0.1, 0.15) is 5.70 Å². The molecule has 78 valence electrons. The minimum atomic E-state index is -0.429. The molecule has 4 heteroatoms. The van der Waals surface area contributed by atoms with Crippen molar-refractivity contribution in [2.24, 2.45) is 5.92 Å². The molecule has 1 N–H and O–H groups in total. The summed E-state index contributed by atoms with van der Waals surface area (Å²) in [5, 5.41) is 2.54. The lowest BCUT2D eigenvalue weighted by molar-refractivity contribution is -0.139. The van der Waals surface area contributed by atoms with Gasteiger partial charge in [-0.25, -0.2) is 4.79 Å². The first-order valence-electron chi connectivity index (χ1n) is 4.76. The van der Waals surface area contributed by atoms with Gasteiger partial charge in [0.25, 0.3) is 0 Å². The highest BCUT2D eigenvalue weighted by molar-refractivity contribution is 5.99. The Balaban J connectivity index is 2.86. The maximum Gasteiger partial charge on any atom is 0.354 e. The van der Waals surface area contributed by atoms with Crippen LogP contribution in [0.25, 0.3) is 0 Å². The van der Waals surface area contributed by atoms with Gasteiger partial charge in [-0.3, -0.25) is 4.79 Å². The molecule has 0 spiro atoms. The number of esters is 1. The molecule has 0 radical (unpaired) electrons. The van der Waals surface area contributed by atoms with Crippen molar-refractivity contribution in [2.75, 3.05) is 6.61 Å². The molecule has 0 atom stereocenters. The Morgan fingerprint density at radius 3 is 2.71 bits per heavy atom. The number of hydrogen-bond acceptors (Lipinski definition) is 3. The largest absolute Gasteiger partial charge is 0.461 e. The van der Waals surface area contributed by atoms with Crippen LogP contribution in [-0.4, -0.2) is 18.5 Å². The molecule has 1 rings (SSSR count). The fraction of sp³-hybridized carbons (Fsp3) is 0.600. The monoisotopic (exact) mass is 197 g/mol. The summed E-state index contributed by atoms with van der Waals surface area (Å²) in [6, 6.07) is 0. The average molecular weight is 197 g/mol. The molecule has 0 aromatic carbocycles. The van der Waals surface area contributed by atoms with Gasteiger partial charge in [-0.05, 0) is 18.4 Å². The summed E-state index contributed by atoms with van der Waals surface area (Å²) >= 11 is 0. The van der Waals surface area contributed by atoms with E-state index in [1.54, 1.807) is 6.92 Å². The maximum atomic E-state index is 11.4. The van der Waals surface area contributed by atoms with Crippen LogP contribution in [0.5, 0.6) is 0 Å². The second-order valence-corrected chi connectivity index (χ2v) is 3.50. The molecule has 0 aromatic rings. The Hall–Kier alpha value is -1.32. The minimum absolute atomic E-state index is 0.128. The van der Waals surface area contributed by atoms with E-state index in [2.05, 4.69) is 5.32 Å². The molecule has 0 unspecified atom stereocenters. The van der Waals surface area contributed by atoms with Crippen molar-refractivity contribution in [3.8, 4) is 0 Å². The SMILES string of the molecule is CCOC(=O)C1=C(C(C)C)CC(=O)N1. The summed E-state index contributed by atoms with van der Waals surface area (Å²) < 4.78 is 4.84.